The number of rotatable bonds is 5. The van der Waals surface area contributed by atoms with E-state index in [4.69, 9.17) is 0 Å². The monoisotopic (exact) mass is 464 g/mol. The summed E-state index contributed by atoms with van der Waals surface area (Å²) in [5, 5.41) is 16.7. The standard InChI is InChI=1S/C27H24N6O2/c1-32-14-17(15-32)16-33-23-9-5-4-8-22(23)25(31-33)27(35)28-19-12-10-18(11-13-19)24-20-6-2-3-7-21(20)26(34)30-29-24/h2-13,17H,14-16H2,1H3,(H,28,35)(H,30,34). The number of para-hydroxylation sites is 1. The molecule has 3 heterocycles. The third-order valence-electron chi connectivity index (χ3n) is 6.56. The smallest absolute Gasteiger partial charge is 0.276 e. The number of anilines is 1. The molecule has 0 unspecified atom stereocenters. The fourth-order valence-corrected chi connectivity index (χ4v) is 4.86. The van der Waals surface area contributed by atoms with Crippen LogP contribution in [0.15, 0.2) is 77.6 Å². The van der Waals surface area contributed by atoms with Gasteiger partial charge in [-0.3, -0.25) is 14.3 Å². The highest BCUT2D eigenvalue weighted by molar-refractivity contribution is 6.11. The number of carbonyl (C=O) groups excluding carboxylic acids is 1. The van der Waals surface area contributed by atoms with E-state index >= 15 is 0 Å². The molecule has 8 heteroatoms. The zero-order valence-corrected chi connectivity index (χ0v) is 19.2. The second kappa shape index (κ2) is 8.48. The molecule has 0 radical (unpaired) electrons. The Morgan fingerprint density at radius 3 is 2.40 bits per heavy atom. The maximum atomic E-state index is 13.2. The number of carbonyl (C=O) groups is 1. The van der Waals surface area contributed by atoms with Gasteiger partial charge in [-0.25, -0.2) is 5.10 Å². The summed E-state index contributed by atoms with van der Waals surface area (Å²) in [6, 6.07) is 22.7. The Hall–Kier alpha value is -4.30. The number of aromatic amines is 1. The Bertz CT molecular complexity index is 1610. The lowest BCUT2D eigenvalue weighted by Crippen LogP contribution is -2.45. The van der Waals surface area contributed by atoms with Gasteiger partial charge in [0, 0.05) is 47.6 Å². The van der Waals surface area contributed by atoms with Gasteiger partial charge in [-0.05, 0) is 31.3 Å². The Balaban J connectivity index is 1.26. The van der Waals surface area contributed by atoms with Gasteiger partial charge in [-0.2, -0.15) is 10.2 Å². The van der Waals surface area contributed by atoms with Crippen molar-refractivity contribution in [2.45, 2.75) is 6.54 Å². The number of nitrogens with one attached hydrogen (secondary N) is 2. The van der Waals surface area contributed by atoms with Gasteiger partial charge in [-0.1, -0.05) is 48.5 Å². The van der Waals surface area contributed by atoms with Gasteiger partial charge >= 0.3 is 0 Å². The lowest BCUT2D eigenvalue weighted by atomic mass is 10.0. The van der Waals surface area contributed by atoms with Crippen molar-refractivity contribution in [2.75, 3.05) is 25.5 Å². The van der Waals surface area contributed by atoms with Crippen LogP contribution in [0.4, 0.5) is 5.69 Å². The zero-order valence-electron chi connectivity index (χ0n) is 19.2. The highest BCUT2D eigenvalue weighted by Gasteiger charge is 2.26. The highest BCUT2D eigenvalue weighted by atomic mass is 16.2. The molecule has 1 amide bonds. The minimum Gasteiger partial charge on any atom is -0.321 e. The third-order valence-corrected chi connectivity index (χ3v) is 6.56. The van der Waals surface area contributed by atoms with Crippen LogP contribution in [0.3, 0.4) is 0 Å². The average Bonchev–Trinajstić information content (AvgIpc) is 3.23. The molecule has 1 fully saturated rings. The molecule has 2 aromatic heterocycles. The first-order valence-electron chi connectivity index (χ1n) is 11.6. The molecule has 0 bridgehead atoms. The van der Waals surface area contributed by atoms with Crippen molar-refractivity contribution < 1.29 is 4.79 Å². The minimum atomic E-state index is -0.244. The molecule has 5 aromatic rings. The lowest BCUT2D eigenvalue weighted by molar-refractivity contribution is 0.101. The van der Waals surface area contributed by atoms with E-state index in [1.807, 2.05) is 71.4 Å². The summed E-state index contributed by atoms with van der Waals surface area (Å²) in [6.45, 7) is 2.88. The molecule has 1 aliphatic rings. The fourth-order valence-electron chi connectivity index (χ4n) is 4.86. The molecule has 3 aromatic carbocycles. The van der Waals surface area contributed by atoms with E-state index in [1.165, 1.54) is 0 Å². The molecule has 174 valence electrons. The van der Waals surface area contributed by atoms with Crippen LogP contribution in [0.2, 0.25) is 0 Å². The average molecular weight is 465 g/mol. The van der Waals surface area contributed by atoms with Crippen molar-refractivity contribution >= 4 is 33.3 Å². The number of fused-ring (bicyclic) bond motifs is 2. The second-order valence-electron chi connectivity index (χ2n) is 9.11. The molecular formula is C27H24N6O2. The van der Waals surface area contributed by atoms with Gasteiger partial charge in [-0.15, -0.1) is 0 Å². The topological polar surface area (TPSA) is 95.9 Å². The normalized spacial score (nSPS) is 14.3. The Kier molecular flexibility index (Phi) is 5.15. The molecule has 8 nitrogen and oxygen atoms in total. The largest absolute Gasteiger partial charge is 0.321 e. The van der Waals surface area contributed by atoms with Gasteiger partial charge in [0.1, 0.15) is 0 Å². The van der Waals surface area contributed by atoms with Crippen LogP contribution in [-0.4, -0.2) is 50.9 Å². The number of H-pyrrole nitrogens is 1. The van der Waals surface area contributed by atoms with E-state index in [0.717, 1.165) is 41.5 Å². The third kappa shape index (κ3) is 3.87. The van der Waals surface area contributed by atoms with Gasteiger partial charge in [0.2, 0.25) is 0 Å². The van der Waals surface area contributed by atoms with Crippen LogP contribution in [0.5, 0.6) is 0 Å². The van der Waals surface area contributed by atoms with Crippen molar-refractivity contribution in [3.63, 3.8) is 0 Å². The Morgan fingerprint density at radius 1 is 0.971 bits per heavy atom. The number of likely N-dealkylation sites (tertiary alicyclic amines) is 1. The molecule has 0 aliphatic carbocycles. The minimum absolute atomic E-state index is 0.218. The molecule has 1 saturated heterocycles. The van der Waals surface area contributed by atoms with Crippen LogP contribution in [-0.2, 0) is 6.54 Å². The molecule has 0 saturated carbocycles. The number of benzene rings is 3. The predicted octanol–water partition coefficient (Wildman–Crippen LogP) is 3.75. The quantitative estimate of drug-likeness (QED) is 0.413. The predicted molar refractivity (Wildman–Crippen MR) is 136 cm³/mol. The molecule has 0 atom stereocenters. The van der Waals surface area contributed by atoms with Crippen LogP contribution in [0.25, 0.3) is 32.9 Å². The first-order valence-corrected chi connectivity index (χ1v) is 11.6. The molecule has 35 heavy (non-hydrogen) atoms. The van der Waals surface area contributed by atoms with Crippen molar-refractivity contribution in [3.8, 4) is 11.3 Å². The summed E-state index contributed by atoms with van der Waals surface area (Å²) >= 11 is 0. The van der Waals surface area contributed by atoms with E-state index in [-0.39, 0.29) is 11.5 Å². The molecule has 2 N–H and O–H groups in total. The Labute approximate surface area is 201 Å². The number of hydrogen-bond donors (Lipinski definition) is 2. The van der Waals surface area contributed by atoms with Crippen LogP contribution in [0, 0.1) is 5.92 Å². The number of hydrogen-bond acceptors (Lipinski definition) is 5. The Morgan fingerprint density at radius 2 is 1.66 bits per heavy atom. The number of amides is 1. The van der Waals surface area contributed by atoms with Gasteiger partial charge in [0.05, 0.1) is 16.6 Å². The first kappa shape index (κ1) is 21.2. The molecular weight excluding hydrogens is 440 g/mol. The number of nitrogens with zero attached hydrogens (tertiary/aromatic N) is 4. The maximum Gasteiger partial charge on any atom is 0.276 e. The maximum absolute atomic E-state index is 13.2. The van der Waals surface area contributed by atoms with Crippen molar-refractivity contribution in [3.05, 3.63) is 88.8 Å². The highest BCUT2D eigenvalue weighted by Crippen LogP contribution is 2.26. The summed E-state index contributed by atoms with van der Waals surface area (Å²) in [6.07, 6.45) is 0. The van der Waals surface area contributed by atoms with Crippen molar-refractivity contribution in [2.24, 2.45) is 5.92 Å². The first-order chi connectivity index (χ1) is 17.1. The summed E-state index contributed by atoms with van der Waals surface area (Å²) in [5.74, 6) is 0.301. The SMILES string of the molecule is CN1CC(Cn2nc(C(=O)Nc3ccc(-c4n[nH]c(=O)c5ccccc45)cc3)c3ccccc32)C1. The van der Waals surface area contributed by atoms with Crippen LogP contribution >= 0.6 is 0 Å². The summed E-state index contributed by atoms with van der Waals surface area (Å²) < 4.78 is 1.96. The summed E-state index contributed by atoms with van der Waals surface area (Å²) in [4.78, 5) is 27.5. The van der Waals surface area contributed by atoms with Crippen molar-refractivity contribution in [1.29, 1.82) is 0 Å². The van der Waals surface area contributed by atoms with Gasteiger partial charge in [0.15, 0.2) is 5.69 Å². The second-order valence-corrected chi connectivity index (χ2v) is 9.11. The van der Waals surface area contributed by atoms with E-state index in [1.54, 1.807) is 6.07 Å². The van der Waals surface area contributed by atoms with E-state index < -0.39 is 0 Å². The van der Waals surface area contributed by atoms with E-state index in [2.05, 4.69) is 32.6 Å². The molecule has 6 rings (SSSR count). The lowest BCUT2D eigenvalue weighted by Gasteiger charge is -2.36. The van der Waals surface area contributed by atoms with Gasteiger partial charge < -0.3 is 10.2 Å². The zero-order chi connectivity index (χ0) is 23.9. The fraction of sp³-hybridized carbons (Fsp3) is 0.185. The molecule has 0 spiro atoms. The number of aromatic nitrogens is 4. The summed E-state index contributed by atoms with van der Waals surface area (Å²) in [5.41, 5.74) is 3.36. The summed E-state index contributed by atoms with van der Waals surface area (Å²) in [7, 11) is 2.11. The van der Waals surface area contributed by atoms with Crippen molar-refractivity contribution in [1.82, 2.24) is 24.9 Å². The van der Waals surface area contributed by atoms with E-state index in [0.29, 0.717) is 28.4 Å². The van der Waals surface area contributed by atoms with Crippen LogP contribution < -0.4 is 10.9 Å². The molecule has 1 aliphatic heterocycles. The van der Waals surface area contributed by atoms with Gasteiger partial charge in [0.25, 0.3) is 11.5 Å². The van der Waals surface area contributed by atoms with E-state index in [9.17, 15) is 9.59 Å². The van der Waals surface area contributed by atoms with Crippen LogP contribution in [0.1, 0.15) is 10.5 Å².